The molecule has 0 atom stereocenters. The van der Waals surface area contributed by atoms with Crippen LogP contribution in [-0.4, -0.2) is 15.7 Å². The zero-order chi connectivity index (χ0) is 25.2. The van der Waals surface area contributed by atoms with E-state index in [-0.39, 0.29) is 11.5 Å². The number of halogens is 1. The number of non-ortho nitro benzene ring substituents is 1. The number of aromatic nitrogens is 1. The number of allylic oxidation sites excluding steroid dienone is 1. The number of nitro groups is 1. The third kappa shape index (κ3) is 4.80. The summed E-state index contributed by atoms with van der Waals surface area (Å²) in [5, 5.41) is 17.0. The van der Waals surface area contributed by atoms with Crippen LogP contribution in [0.25, 0.3) is 27.9 Å². The lowest BCUT2D eigenvalue weighted by Gasteiger charge is -2.14. The number of hydrogen-bond acceptors (Lipinski definition) is 5. The molecule has 0 radical (unpaired) electrons. The van der Waals surface area contributed by atoms with E-state index in [1.165, 1.54) is 18.2 Å². The summed E-state index contributed by atoms with van der Waals surface area (Å²) in [5.41, 5.74) is 5.39. The largest absolute Gasteiger partial charge is 0.354 e. The zero-order valence-corrected chi connectivity index (χ0v) is 20.0. The molecule has 0 bridgehead atoms. The minimum atomic E-state index is -0.462. The molecule has 1 heterocycles. The maximum atomic E-state index is 12.9. The van der Waals surface area contributed by atoms with Crippen LogP contribution in [-0.2, 0) is 0 Å². The smallest absolute Gasteiger partial charge is 0.270 e. The highest BCUT2D eigenvalue weighted by molar-refractivity contribution is 6.31. The molecule has 6 nitrogen and oxygen atoms in total. The molecule has 0 aliphatic heterocycles. The van der Waals surface area contributed by atoms with Crippen molar-refractivity contribution in [3.8, 4) is 0 Å². The number of benzene rings is 4. The fourth-order valence-electron chi connectivity index (χ4n) is 4.07. The summed E-state index contributed by atoms with van der Waals surface area (Å²) in [7, 11) is 0. The summed E-state index contributed by atoms with van der Waals surface area (Å²) in [6.45, 7) is 2.03. The standard InChI is InChI=1S/C29H20ClN3O3/c1-18-8-12-26-25(14-18)29(24-11-10-21(30)17-27(24)32-26)31-22-6-3-5-20(16-22)28(34)13-9-19-4-2-7-23(15-19)33(35)36/h2-17H,1H3,(H,31,32)/b13-9+. The molecule has 0 unspecified atom stereocenters. The maximum absolute atomic E-state index is 12.9. The van der Waals surface area contributed by atoms with Gasteiger partial charge in [0.15, 0.2) is 5.78 Å². The summed E-state index contributed by atoms with van der Waals surface area (Å²) < 4.78 is 0. The molecule has 0 fully saturated rings. The van der Waals surface area contributed by atoms with Gasteiger partial charge < -0.3 is 5.32 Å². The van der Waals surface area contributed by atoms with Gasteiger partial charge in [-0.1, -0.05) is 53.6 Å². The van der Waals surface area contributed by atoms with Gasteiger partial charge in [0.05, 0.1) is 21.6 Å². The van der Waals surface area contributed by atoms with E-state index in [2.05, 4.69) is 11.4 Å². The number of nitrogens with one attached hydrogen (secondary N) is 1. The molecule has 0 saturated carbocycles. The number of aryl methyl sites for hydroxylation is 1. The number of rotatable bonds is 6. The van der Waals surface area contributed by atoms with E-state index in [1.807, 2.05) is 49.4 Å². The maximum Gasteiger partial charge on any atom is 0.270 e. The van der Waals surface area contributed by atoms with Crippen LogP contribution in [0, 0.1) is 17.0 Å². The Balaban J connectivity index is 1.49. The number of ketones is 1. The van der Waals surface area contributed by atoms with Gasteiger partial charge in [-0.2, -0.15) is 0 Å². The zero-order valence-electron chi connectivity index (χ0n) is 19.2. The molecule has 0 saturated heterocycles. The van der Waals surface area contributed by atoms with Gasteiger partial charge in [0, 0.05) is 39.2 Å². The van der Waals surface area contributed by atoms with Gasteiger partial charge in [-0.05, 0) is 61.0 Å². The van der Waals surface area contributed by atoms with Crippen LogP contribution in [0.15, 0.2) is 91.0 Å². The van der Waals surface area contributed by atoms with Crippen molar-refractivity contribution in [1.82, 2.24) is 4.98 Å². The summed E-state index contributed by atoms with van der Waals surface area (Å²) >= 11 is 6.22. The van der Waals surface area contributed by atoms with E-state index < -0.39 is 4.92 Å². The van der Waals surface area contributed by atoms with Gasteiger partial charge in [0.1, 0.15) is 0 Å². The first-order valence-corrected chi connectivity index (χ1v) is 11.6. The first-order chi connectivity index (χ1) is 17.4. The second-order valence-corrected chi connectivity index (χ2v) is 8.86. The first-order valence-electron chi connectivity index (χ1n) is 11.2. The van der Waals surface area contributed by atoms with Crippen LogP contribution in [0.3, 0.4) is 0 Å². The molecule has 0 aliphatic carbocycles. The molecule has 0 amide bonds. The monoisotopic (exact) mass is 493 g/mol. The first kappa shape index (κ1) is 23.2. The van der Waals surface area contributed by atoms with Crippen LogP contribution < -0.4 is 5.32 Å². The van der Waals surface area contributed by atoms with Crippen molar-refractivity contribution in [1.29, 1.82) is 0 Å². The molecule has 0 aliphatic rings. The Labute approximate surface area is 212 Å². The van der Waals surface area contributed by atoms with Crippen LogP contribution >= 0.6 is 11.6 Å². The second kappa shape index (κ2) is 9.60. The summed E-state index contributed by atoms with van der Waals surface area (Å²) in [6.07, 6.45) is 2.99. The Morgan fingerprint density at radius 1 is 0.944 bits per heavy atom. The fraction of sp³-hybridized carbons (Fsp3) is 0.0345. The van der Waals surface area contributed by atoms with Gasteiger partial charge in [0.25, 0.3) is 5.69 Å². The molecule has 5 rings (SSSR count). The van der Waals surface area contributed by atoms with E-state index >= 15 is 0 Å². The number of anilines is 2. The highest BCUT2D eigenvalue weighted by atomic mass is 35.5. The van der Waals surface area contributed by atoms with E-state index in [9.17, 15) is 14.9 Å². The number of carbonyl (C=O) groups is 1. The third-order valence-electron chi connectivity index (χ3n) is 5.82. The topological polar surface area (TPSA) is 85.1 Å². The lowest BCUT2D eigenvalue weighted by Crippen LogP contribution is -1.99. The van der Waals surface area contributed by atoms with Crippen molar-refractivity contribution in [3.63, 3.8) is 0 Å². The average Bonchev–Trinajstić information content (AvgIpc) is 2.87. The van der Waals surface area contributed by atoms with E-state index in [0.29, 0.717) is 16.1 Å². The minimum absolute atomic E-state index is 0.0240. The molecule has 5 aromatic rings. The predicted octanol–water partition coefficient (Wildman–Crippen LogP) is 7.90. The average molecular weight is 494 g/mol. The van der Waals surface area contributed by atoms with E-state index in [1.54, 1.807) is 30.3 Å². The third-order valence-corrected chi connectivity index (χ3v) is 6.05. The Bertz CT molecular complexity index is 1700. The molecule has 1 N–H and O–H groups in total. The number of pyridine rings is 1. The number of hydrogen-bond donors (Lipinski definition) is 1. The normalized spacial score (nSPS) is 11.3. The molecule has 1 aromatic heterocycles. The van der Waals surface area contributed by atoms with Gasteiger partial charge in [0.2, 0.25) is 0 Å². The quantitative estimate of drug-likeness (QED) is 0.0854. The minimum Gasteiger partial charge on any atom is -0.354 e. The number of carbonyl (C=O) groups excluding carboxylic acids is 1. The highest BCUT2D eigenvalue weighted by Crippen LogP contribution is 2.35. The van der Waals surface area contributed by atoms with E-state index in [4.69, 9.17) is 16.6 Å². The lowest BCUT2D eigenvalue weighted by molar-refractivity contribution is -0.384. The van der Waals surface area contributed by atoms with Crippen molar-refractivity contribution in [2.75, 3.05) is 5.32 Å². The molecular formula is C29H20ClN3O3. The van der Waals surface area contributed by atoms with Gasteiger partial charge in [-0.15, -0.1) is 0 Å². The van der Waals surface area contributed by atoms with Crippen LogP contribution in [0.1, 0.15) is 21.5 Å². The predicted molar refractivity (Wildman–Crippen MR) is 145 cm³/mol. The van der Waals surface area contributed by atoms with Crippen molar-refractivity contribution in [3.05, 3.63) is 123 Å². The molecular weight excluding hydrogens is 474 g/mol. The van der Waals surface area contributed by atoms with Crippen molar-refractivity contribution in [2.45, 2.75) is 6.92 Å². The van der Waals surface area contributed by atoms with Crippen LogP contribution in [0.4, 0.5) is 17.1 Å². The molecule has 36 heavy (non-hydrogen) atoms. The number of fused-ring (bicyclic) bond motifs is 2. The highest BCUT2D eigenvalue weighted by Gasteiger charge is 2.12. The lowest BCUT2D eigenvalue weighted by atomic mass is 10.0. The van der Waals surface area contributed by atoms with E-state index in [0.717, 1.165) is 38.7 Å². The SMILES string of the molecule is Cc1ccc2nc3cc(Cl)ccc3c(Nc3cccc(C(=O)/C=C/c4cccc([N+](=O)[O-])c4)c3)c2c1. The molecule has 0 spiro atoms. The van der Waals surface area contributed by atoms with Gasteiger partial charge in [-0.25, -0.2) is 4.98 Å². The molecule has 176 valence electrons. The summed E-state index contributed by atoms with van der Waals surface area (Å²) in [5.74, 6) is -0.211. The Hall–Kier alpha value is -4.55. The van der Waals surface area contributed by atoms with Crippen LogP contribution in [0.2, 0.25) is 5.02 Å². The Morgan fingerprint density at radius 3 is 2.61 bits per heavy atom. The number of nitro benzene ring substituents is 1. The number of nitrogens with zero attached hydrogens (tertiary/aromatic N) is 2. The summed E-state index contributed by atoms with van der Waals surface area (Å²) in [6, 6.07) is 25.0. The summed E-state index contributed by atoms with van der Waals surface area (Å²) in [4.78, 5) is 28.2. The molecule has 4 aromatic carbocycles. The van der Waals surface area contributed by atoms with Crippen LogP contribution in [0.5, 0.6) is 0 Å². The Kier molecular flexibility index (Phi) is 6.19. The fourth-order valence-corrected chi connectivity index (χ4v) is 4.24. The Morgan fingerprint density at radius 2 is 1.78 bits per heavy atom. The van der Waals surface area contributed by atoms with Gasteiger partial charge >= 0.3 is 0 Å². The van der Waals surface area contributed by atoms with Crippen molar-refractivity contribution < 1.29 is 9.72 Å². The van der Waals surface area contributed by atoms with Crippen molar-refractivity contribution in [2.24, 2.45) is 0 Å². The molecule has 7 heteroatoms. The second-order valence-electron chi connectivity index (χ2n) is 8.42. The van der Waals surface area contributed by atoms with Gasteiger partial charge in [-0.3, -0.25) is 14.9 Å². The van der Waals surface area contributed by atoms with Crippen molar-refractivity contribution >= 4 is 62.3 Å².